The molecule has 0 aromatic heterocycles. The molecule has 21 heavy (non-hydrogen) atoms. The molecule has 0 aromatic carbocycles. The number of hydrogen-bond acceptors (Lipinski definition) is 4. The van der Waals surface area contributed by atoms with Crippen molar-refractivity contribution in [3.8, 4) is 0 Å². The Morgan fingerprint density at radius 3 is 2.43 bits per heavy atom. The molecule has 1 aliphatic heterocycles. The topological polar surface area (TPSA) is 92.9 Å². The molecular weight excluding hydrogens is 272 g/mol. The summed E-state index contributed by atoms with van der Waals surface area (Å²) in [4.78, 5) is 25.6. The lowest BCUT2D eigenvalue weighted by Gasteiger charge is -2.58. The highest BCUT2D eigenvalue weighted by Gasteiger charge is 2.64. The van der Waals surface area contributed by atoms with Gasteiger partial charge in [0.25, 0.3) is 0 Å². The lowest BCUT2D eigenvalue weighted by molar-refractivity contribution is -0.178. The number of ether oxygens (including phenoxy) is 1. The third-order valence-electron chi connectivity index (χ3n) is 5.43. The maximum Gasteiger partial charge on any atom is 0.308 e. The highest BCUT2D eigenvalue weighted by molar-refractivity contribution is 5.89. The molecule has 6 heteroatoms. The number of amides is 1. The van der Waals surface area contributed by atoms with Crippen molar-refractivity contribution in [3.05, 3.63) is 0 Å². The van der Waals surface area contributed by atoms with Gasteiger partial charge in [-0.05, 0) is 12.8 Å². The molecule has 120 valence electrons. The van der Waals surface area contributed by atoms with Crippen molar-refractivity contribution in [2.75, 3.05) is 19.7 Å². The molecule has 4 atom stereocenters. The third kappa shape index (κ3) is 2.34. The van der Waals surface area contributed by atoms with Gasteiger partial charge in [-0.3, -0.25) is 9.59 Å². The van der Waals surface area contributed by atoms with Crippen LogP contribution < -0.4 is 5.73 Å². The van der Waals surface area contributed by atoms with Gasteiger partial charge in [0.15, 0.2) is 0 Å². The van der Waals surface area contributed by atoms with Crippen molar-refractivity contribution in [1.29, 1.82) is 0 Å². The van der Waals surface area contributed by atoms with Crippen molar-refractivity contribution in [2.24, 2.45) is 23.0 Å². The van der Waals surface area contributed by atoms with E-state index in [1.807, 2.05) is 27.7 Å². The molecule has 1 saturated carbocycles. The van der Waals surface area contributed by atoms with E-state index in [0.717, 1.165) is 0 Å². The van der Waals surface area contributed by atoms with Crippen LogP contribution in [0.1, 0.15) is 34.1 Å². The van der Waals surface area contributed by atoms with Crippen LogP contribution in [0.3, 0.4) is 0 Å². The molecule has 1 saturated heterocycles. The van der Waals surface area contributed by atoms with Crippen molar-refractivity contribution < 1.29 is 19.4 Å². The van der Waals surface area contributed by atoms with Crippen molar-refractivity contribution >= 4 is 11.9 Å². The summed E-state index contributed by atoms with van der Waals surface area (Å²) in [7, 11) is 0. The molecule has 1 heterocycles. The molecule has 0 radical (unpaired) electrons. The highest BCUT2D eigenvalue weighted by Crippen LogP contribution is 2.51. The summed E-state index contributed by atoms with van der Waals surface area (Å²) in [5.74, 6) is -1.52. The first-order valence-electron chi connectivity index (χ1n) is 7.57. The van der Waals surface area contributed by atoms with Gasteiger partial charge < -0.3 is 20.5 Å². The fourth-order valence-corrected chi connectivity index (χ4v) is 3.53. The Morgan fingerprint density at radius 1 is 1.38 bits per heavy atom. The summed E-state index contributed by atoms with van der Waals surface area (Å²) >= 11 is 0. The number of rotatable bonds is 4. The molecule has 6 nitrogen and oxygen atoms in total. The lowest BCUT2D eigenvalue weighted by atomic mass is 9.54. The molecular formula is C15H26N2O4. The van der Waals surface area contributed by atoms with Crippen LogP contribution in [0, 0.1) is 17.3 Å². The third-order valence-corrected chi connectivity index (χ3v) is 5.43. The Kier molecular flexibility index (Phi) is 4.06. The predicted octanol–water partition coefficient (Wildman–Crippen LogP) is 0.698. The summed E-state index contributed by atoms with van der Waals surface area (Å²) < 4.78 is 5.64. The van der Waals surface area contributed by atoms with Crippen LogP contribution in [0.15, 0.2) is 0 Å². The van der Waals surface area contributed by atoms with Gasteiger partial charge in [-0.2, -0.15) is 0 Å². The van der Waals surface area contributed by atoms with Crippen LogP contribution in [0.2, 0.25) is 0 Å². The van der Waals surface area contributed by atoms with Gasteiger partial charge in [0.1, 0.15) is 5.54 Å². The summed E-state index contributed by atoms with van der Waals surface area (Å²) in [6, 6.07) is 0. The molecule has 0 bridgehead atoms. The first-order valence-corrected chi connectivity index (χ1v) is 7.57. The average Bonchev–Trinajstić information content (AvgIpc) is 2.79. The molecule has 2 unspecified atom stereocenters. The largest absolute Gasteiger partial charge is 0.481 e. The number of nitrogens with zero attached hydrogens (tertiary/aromatic N) is 1. The van der Waals surface area contributed by atoms with E-state index in [4.69, 9.17) is 10.5 Å². The standard InChI is InChI=1S/C15H26N2O4/c1-5-21-11-6-15(16,14(11,3)4)13(20)17-7-9(2)10(8-17)12(18)19/h9-11H,5-8,16H2,1-4H3,(H,18,19)/t9-,10-,11?,15?/m1/s1. The summed E-state index contributed by atoms with van der Waals surface area (Å²) in [5, 5.41) is 9.18. The van der Waals surface area contributed by atoms with E-state index in [-0.39, 0.29) is 24.5 Å². The number of nitrogens with two attached hydrogens (primary N) is 1. The van der Waals surface area contributed by atoms with E-state index in [2.05, 4.69) is 0 Å². The lowest BCUT2D eigenvalue weighted by Crippen LogP contribution is -2.76. The monoisotopic (exact) mass is 298 g/mol. The van der Waals surface area contributed by atoms with E-state index in [9.17, 15) is 14.7 Å². The minimum Gasteiger partial charge on any atom is -0.481 e. The second kappa shape index (κ2) is 5.25. The minimum absolute atomic E-state index is 0.0215. The minimum atomic E-state index is -0.958. The maximum absolute atomic E-state index is 12.8. The number of likely N-dealkylation sites (tertiary alicyclic amines) is 1. The number of carboxylic acid groups (broad SMARTS) is 1. The molecule has 0 spiro atoms. The molecule has 0 aromatic rings. The van der Waals surface area contributed by atoms with Crippen LogP contribution in [0.5, 0.6) is 0 Å². The van der Waals surface area contributed by atoms with Gasteiger partial charge in [0.2, 0.25) is 5.91 Å². The number of hydrogen-bond donors (Lipinski definition) is 2. The van der Waals surface area contributed by atoms with E-state index in [0.29, 0.717) is 19.6 Å². The van der Waals surface area contributed by atoms with Gasteiger partial charge in [0.05, 0.1) is 12.0 Å². The quantitative estimate of drug-likeness (QED) is 0.797. The first-order chi connectivity index (χ1) is 9.65. The SMILES string of the molecule is CCOC1CC(N)(C(=O)N2C[C@@H](C)[C@H](C(=O)O)C2)C1(C)C. The first kappa shape index (κ1) is 16.2. The van der Waals surface area contributed by atoms with E-state index < -0.39 is 22.8 Å². The second-order valence-electron chi connectivity index (χ2n) is 6.97. The molecule has 2 aliphatic rings. The zero-order valence-corrected chi connectivity index (χ0v) is 13.3. The fourth-order valence-electron chi connectivity index (χ4n) is 3.53. The normalized spacial score (nSPS) is 38.1. The smallest absolute Gasteiger partial charge is 0.308 e. The van der Waals surface area contributed by atoms with Gasteiger partial charge in [0, 0.05) is 31.5 Å². The van der Waals surface area contributed by atoms with Gasteiger partial charge in [-0.1, -0.05) is 20.8 Å². The Hall–Kier alpha value is -1.14. The van der Waals surface area contributed by atoms with Crippen LogP contribution in [0.4, 0.5) is 0 Å². The number of carboxylic acids is 1. The maximum atomic E-state index is 12.8. The zero-order valence-electron chi connectivity index (χ0n) is 13.3. The Bertz CT molecular complexity index is 451. The zero-order chi connectivity index (χ0) is 16.0. The van der Waals surface area contributed by atoms with E-state index in [1.54, 1.807) is 4.90 Å². The van der Waals surface area contributed by atoms with Crippen LogP contribution in [-0.2, 0) is 14.3 Å². The highest BCUT2D eigenvalue weighted by atomic mass is 16.5. The Labute approximate surface area is 125 Å². The molecule has 1 amide bonds. The Balaban J connectivity index is 2.10. The van der Waals surface area contributed by atoms with Crippen molar-refractivity contribution in [2.45, 2.75) is 45.8 Å². The van der Waals surface area contributed by atoms with Crippen LogP contribution in [0.25, 0.3) is 0 Å². The van der Waals surface area contributed by atoms with Crippen LogP contribution in [-0.4, -0.2) is 53.2 Å². The number of aliphatic carboxylic acids is 1. The van der Waals surface area contributed by atoms with Gasteiger partial charge in [-0.25, -0.2) is 0 Å². The summed E-state index contributed by atoms with van der Waals surface area (Å²) in [5.41, 5.74) is 4.97. The molecule has 2 fully saturated rings. The molecule has 1 aliphatic carbocycles. The number of carbonyl (C=O) groups is 2. The second-order valence-corrected chi connectivity index (χ2v) is 6.97. The average molecular weight is 298 g/mol. The Morgan fingerprint density at radius 2 is 2.00 bits per heavy atom. The van der Waals surface area contributed by atoms with E-state index in [1.165, 1.54) is 0 Å². The van der Waals surface area contributed by atoms with Gasteiger partial charge in [-0.15, -0.1) is 0 Å². The predicted molar refractivity (Wildman–Crippen MR) is 77.6 cm³/mol. The molecule has 2 rings (SSSR count). The van der Waals surface area contributed by atoms with Crippen LogP contribution >= 0.6 is 0 Å². The summed E-state index contributed by atoms with van der Waals surface area (Å²) in [6.45, 7) is 9.00. The molecule has 3 N–H and O–H groups in total. The number of carbonyl (C=O) groups excluding carboxylic acids is 1. The van der Waals surface area contributed by atoms with Crippen molar-refractivity contribution in [3.63, 3.8) is 0 Å². The summed E-state index contributed by atoms with van der Waals surface area (Å²) in [6.07, 6.45) is 0.474. The van der Waals surface area contributed by atoms with Gasteiger partial charge >= 0.3 is 5.97 Å². The van der Waals surface area contributed by atoms with Crippen molar-refractivity contribution in [1.82, 2.24) is 4.90 Å². The fraction of sp³-hybridized carbons (Fsp3) is 0.867. The van der Waals surface area contributed by atoms with E-state index >= 15 is 0 Å².